The molecule has 2 aromatic rings. The Bertz CT molecular complexity index is 1140. The Balaban J connectivity index is 1.96. The summed E-state index contributed by atoms with van der Waals surface area (Å²) in [5.74, 6) is -0.158. The van der Waals surface area contributed by atoms with E-state index in [4.69, 9.17) is 27.9 Å². The van der Waals surface area contributed by atoms with Crippen LogP contribution in [0.3, 0.4) is 0 Å². The fraction of sp³-hybridized carbons (Fsp3) is 0.278. The second-order valence-electron chi connectivity index (χ2n) is 6.20. The van der Waals surface area contributed by atoms with Crippen LogP contribution in [0.5, 0.6) is 5.75 Å². The molecule has 0 saturated heterocycles. The van der Waals surface area contributed by atoms with E-state index >= 15 is 0 Å². The standard InChI is InChI=1S/C18H16Cl2N4O5/c1-3-12(25)9-6-14(21-7-13(9)26)29-16-10(19)4-8(5-11(16)20)15-17(27)22-18(28)24(2)23-15/h4-6,12,25H,3,7H2,1-2H3,(H,22,27,28). The smallest absolute Gasteiger partial charge is 0.344 e. The number of hydrogen-bond donors (Lipinski definition) is 2. The Hall–Kier alpha value is -2.75. The summed E-state index contributed by atoms with van der Waals surface area (Å²) in [6, 6.07) is 2.82. The molecule has 1 aliphatic rings. The number of aliphatic hydroxyl groups excluding tert-OH is 1. The number of ether oxygens (including phenoxy) is 1. The molecule has 0 amide bonds. The summed E-state index contributed by atoms with van der Waals surface area (Å²) < 4.78 is 6.61. The number of aliphatic imine (C=N–C) groups is 1. The molecular weight excluding hydrogens is 423 g/mol. The zero-order valence-electron chi connectivity index (χ0n) is 15.4. The molecule has 2 N–H and O–H groups in total. The number of carbonyl (C=O) groups is 1. The van der Waals surface area contributed by atoms with Crippen LogP contribution in [0.25, 0.3) is 11.3 Å². The van der Waals surface area contributed by atoms with Crippen molar-refractivity contribution in [2.24, 2.45) is 12.0 Å². The number of ketones is 1. The Morgan fingerprint density at radius 2 is 1.93 bits per heavy atom. The monoisotopic (exact) mass is 438 g/mol. The van der Waals surface area contributed by atoms with Gasteiger partial charge in [-0.05, 0) is 18.6 Å². The number of benzene rings is 1. The zero-order chi connectivity index (χ0) is 21.3. The topological polar surface area (TPSA) is 127 Å². The van der Waals surface area contributed by atoms with Gasteiger partial charge in [-0.2, -0.15) is 5.10 Å². The van der Waals surface area contributed by atoms with Gasteiger partial charge in [-0.25, -0.2) is 14.5 Å². The van der Waals surface area contributed by atoms with E-state index in [2.05, 4.69) is 15.1 Å². The fourth-order valence-electron chi connectivity index (χ4n) is 2.63. The lowest BCUT2D eigenvalue weighted by atomic mass is 10.0. The Morgan fingerprint density at radius 3 is 2.55 bits per heavy atom. The van der Waals surface area contributed by atoms with Crippen LogP contribution < -0.4 is 16.0 Å². The number of nitrogens with zero attached hydrogens (tertiary/aromatic N) is 3. The van der Waals surface area contributed by atoms with Crippen molar-refractivity contribution >= 4 is 34.9 Å². The molecule has 1 aromatic carbocycles. The van der Waals surface area contributed by atoms with Gasteiger partial charge in [0.2, 0.25) is 5.90 Å². The molecule has 0 saturated carbocycles. The SMILES string of the molecule is CCC(O)C1=CC(Oc2c(Cl)cc(-c3nn(C)c(=O)[nH]c3=O)cc2Cl)=NCC1=O. The third kappa shape index (κ3) is 4.31. The van der Waals surface area contributed by atoms with Crippen LogP contribution in [-0.2, 0) is 11.8 Å². The van der Waals surface area contributed by atoms with Crippen LogP contribution in [0.4, 0.5) is 0 Å². The largest absolute Gasteiger partial charge is 0.436 e. The van der Waals surface area contributed by atoms with Gasteiger partial charge < -0.3 is 9.84 Å². The summed E-state index contributed by atoms with van der Waals surface area (Å²) in [5.41, 5.74) is -0.913. The van der Waals surface area contributed by atoms with Crippen molar-refractivity contribution in [2.75, 3.05) is 6.54 Å². The molecular formula is C18H16Cl2N4O5. The van der Waals surface area contributed by atoms with Crippen molar-refractivity contribution in [3.8, 4) is 17.0 Å². The number of hydrogen-bond acceptors (Lipinski definition) is 7. The molecule has 11 heteroatoms. The molecule has 0 aliphatic carbocycles. The molecule has 29 heavy (non-hydrogen) atoms. The predicted molar refractivity (Wildman–Crippen MR) is 108 cm³/mol. The number of aromatic nitrogens is 3. The summed E-state index contributed by atoms with van der Waals surface area (Å²) in [6.07, 6.45) is 0.787. The van der Waals surface area contributed by atoms with E-state index in [1.807, 2.05) is 0 Å². The number of halogens is 2. The first-order valence-corrected chi connectivity index (χ1v) is 9.29. The highest BCUT2D eigenvalue weighted by Crippen LogP contribution is 2.37. The van der Waals surface area contributed by atoms with Crippen LogP contribution in [0.2, 0.25) is 10.0 Å². The minimum Gasteiger partial charge on any atom is -0.436 e. The maximum Gasteiger partial charge on any atom is 0.344 e. The van der Waals surface area contributed by atoms with Crippen molar-refractivity contribution in [1.82, 2.24) is 14.8 Å². The van der Waals surface area contributed by atoms with Gasteiger partial charge in [0.25, 0.3) is 5.56 Å². The van der Waals surface area contributed by atoms with E-state index in [9.17, 15) is 19.5 Å². The van der Waals surface area contributed by atoms with Crippen LogP contribution >= 0.6 is 23.2 Å². The first-order valence-electron chi connectivity index (χ1n) is 8.53. The van der Waals surface area contributed by atoms with E-state index in [1.165, 1.54) is 25.3 Å². The molecule has 0 bridgehead atoms. The average Bonchev–Trinajstić information content (AvgIpc) is 2.68. The summed E-state index contributed by atoms with van der Waals surface area (Å²) in [6.45, 7) is 1.58. The van der Waals surface area contributed by atoms with Crippen molar-refractivity contribution in [3.05, 3.63) is 54.7 Å². The summed E-state index contributed by atoms with van der Waals surface area (Å²) in [5, 5.41) is 14.0. The van der Waals surface area contributed by atoms with Crippen LogP contribution in [0, 0.1) is 0 Å². The van der Waals surface area contributed by atoms with E-state index < -0.39 is 17.4 Å². The fourth-order valence-corrected chi connectivity index (χ4v) is 3.19. The maximum atomic E-state index is 12.0. The number of aryl methyl sites for hydroxylation is 1. The quantitative estimate of drug-likeness (QED) is 0.744. The summed E-state index contributed by atoms with van der Waals surface area (Å²) >= 11 is 12.5. The number of nitrogens with one attached hydrogen (secondary N) is 1. The number of aromatic amines is 1. The lowest BCUT2D eigenvalue weighted by molar-refractivity contribution is -0.115. The van der Waals surface area contributed by atoms with Gasteiger partial charge in [-0.1, -0.05) is 30.1 Å². The normalized spacial score (nSPS) is 15.0. The van der Waals surface area contributed by atoms with Gasteiger partial charge in [0.1, 0.15) is 6.54 Å². The third-order valence-corrected chi connectivity index (χ3v) is 4.74. The average molecular weight is 439 g/mol. The molecule has 1 aromatic heterocycles. The van der Waals surface area contributed by atoms with Gasteiger partial charge >= 0.3 is 5.69 Å². The molecule has 1 aliphatic heterocycles. The zero-order valence-corrected chi connectivity index (χ0v) is 16.9. The van der Waals surface area contributed by atoms with Crippen molar-refractivity contribution in [3.63, 3.8) is 0 Å². The van der Waals surface area contributed by atoms with E-state index in [-0.39, 0.29) is 50.9 Å². The van der Waals surface area contributed by atoms with E-state index in [0.717, 1.165) is 4.68 Å². The first kappa shape index (κ1) is 21.0. The number of carbonyl (C=O) groups excluding carboxylic acids is 1. The van der Waals surface area contributed by atoms with Gasteiger partial charge in [-0.3, -0.25) is 14.6 Å². The molecule has 0 spiro atoms. The minimum atomic E-state index is -0.924. The van der Waals surface area contributed by atoms with Gasteiger partial charge in [-0.15, -0.1) is 0 Å². The number of Topliss-reactive ketones (excluding diaryl/α,β-unsaturated/α-hetero) is 1. The molecule has 0 fully saturated rings. The second kappa shape index (κ2) is 8.32. The molecule has 1 unspecified atom stereocenters. The maximum absolute atomic E-state index is 12.0. The van der Waals surface area contributed by atoms with Crippen molar-refractivity contribution < 1.29 is 14.6 Å². The van der Waals surface area contributed by atoms with Gasteiger partial charge in [0, 0.05) is 24.3 Å². The molecule has 152 valence electrons. The third-order valence-electron chi connectivity index (χ3n) is 4.18. The molecule has 2 heterocycles. The highest BCUT2D eigenvalue weighted by molar-refractivity contribution is 6.38. The minimum absolute atomic E-state index is 0.0451. The lowest BCUT2D eigenvalue weighted by Crippen LogP contribution is -2.31. The second-order valence-corrected chi connectivity index (χ2v) is 7.02. The number of aliphatic hydroxyl groups is 1. The summed E-state index contributed by atoms with van der Waals surface area (Å²) in [4.78, 5) is 41.6. The lowest BCUT2D eigenvalue weighted by Gasteiger charge is -2.17. The molecule has 9 nitrogen and oxygen atoms in total. The van der Waals surface area contributed by atoms with E-state index in [1.54, 1.807) is 6.92 Å². The van der Waals surface area contributed by atoms with Crippen LogP contribution in [0.1, 0.15) is 13.3 Å². The number of dihydropyridines is 1. The highest BCUT2D eigenvalue weighted by atomic mass is 35.5. The van der Waals surface area contributed by atoms with Crippen molar-refractivity contribution in [1.29, 1.82) is 0 Å². The predicted octanol–water partition coefficient (Wildman–Crippen LogP) is 1.50. The number of rotatable bonds is 4. The Kier molecular flexibility index (Phi) is 6.02. The number of H-pyrrole nitrogens is 1. The van der Waals surface area contributed by atoms with Gasteiger partial charge in [0.05, 0.1) is 16.1 Å². The molecule has 0 radical (unpaired) electrons. The summed E-state index contributed by atoms with van der Waals surface area (Å²) in [7, 11) is 1.39. The van der Waals surface area contributed by atoms with Crippen LogP contribution in [-0.4, -0.2) is 44.2 Å². The first-order chi connectivity index (χ1) is 13.7. The Labute approximate surface area is 174 Å². The van der Waals surface area contributed by atoms with E-state index in [0.29, 0.717) is 6.42 Å². The molecule has 1 atom stereocenters. The molecule has 3 rings (SSSR count). The van der Waals surface area contributed by atoms with Crippen LogP contribution in [0.15, 0.2) is 38.4 Å². The van der Waals surface area contributed by atoms with Gasteiger partial charge in [0.15, 0.2) is 17.2 Å². The van der Waals surface area contributed by atoms with Crippen molar-refractivity contribution in [2.45, 2.75) is 19.4 Å². The highest BCUT2D eigenvalue weighted by Gasteiger charge is 2.23. The Morgan fingerprint density at radius 1 is 1.28 bits per heavy atom.